The van der Waals surface area contributed by atoms with Crippen molar-refractivity contribution in [2.24, 2.45) is 0 Å². The van der Waals surface area contributed by atoms with Gasteiger partial charge < -0.3 is 5.32 Å². The van der Waals surface area contributed by atoms with E-state index in [1.165, 1.54) is 38.8 Å². The fourth-order valence-corrected chi connectivity index (χ4v) is 2.95. The van der Waals surface area contributed by atoms with Gasteiger partial charge in [-0.05, 0) is 53.2 Å². The maximum Gasteiger partial charge on any atom is 0.0306 e. The summed E-state index contributed by atoms with van der Waals surface area (Å²) in [5.41, 5.74) is 0.204. The van der Waals surface area contributed by atoms with Gasteiger partial charge in [-0.25, -0.2) is 0 Å². The van der Waals surface area contributed by atoms with E-state index in [1.54, 1.807) is 0 Å². The highest BCUT2D eigenvalue weighted by molar-refractivity contribution is 4.96. The second-order valence-corrected chi connectivity index (χ2v) is 5.64. The van der Waals surface area contributed by atoms with E-state index in [0.717, 1.165) is 12.8 Å². The van der Waals surface area contributed by atoms with Gasteiger partial charge in [0, 0.05) is 18.0 Å². The normalized spacial score (nSPS) is 20.6. The van der Waals surface area contributed by atoms with Gasteiger partial charge in [-0.1, -0.05) is 12.8 Å². The maximum absolute atomic E-state index is 5.39. The van der Waals surface area contributed by atoms with Crippen LogP contribution in [0.3, 0.4) is 0 Å². The SMILES string of the molecule is C#CCCC(NC)C(C)(C)N1CCCCCC1. The lowest BCUT2D eigenvalue weighted by Crippen LogP contribution is -2.57. The van der Waals surface area contributed by atoms with Crippen molar-refractivity contribution in [2.75, 3.05) is 20.1 Å². The Hall–Kier alpha value is -0.520. The molecular weight excluding hydrogens is 208 g/mol. The number of nitrogens with one attached hydrogen (secondary N) is 1. The lowest BCUT2D eigenvalue weighted by atomic mass is 9.88. The molecule has 1 fully saturated rings. The average Bonchev–Trinajstić information content (AvgIpc) is 2.58. The number of rotatable bonds is 5. The van der Waals surface area contributed by atoms with Gasteiger partial charge in [0.1, 0.15) is 0 Å². The molecule has 0 radical (unpaired) electrons. The molecule has 1 aliphatic rings. The molecule has 1 atom stereocenters. The van der Waals surface area contributed by atoms with Crippen LogP contribution in [0.4, 0.5) is 0 Å². The summed E-state index contributed by atoms with van der Waals surface area (Å²) in [4.78, 5) is 2.65. The molecule has 1 saturated heterocycles. The minimum absolute atomic E-state index is 0.204. The summed E-state index contributed by atoms with van der Waals surface area (Å²) >= 11 is 0. The Morgan fingerprint density at radius 2 is 1.82 bits per heavy atom. The summed E-state index contributed by atoms with van der Waals surface area (Å²) in [5.74, 6) is 2.76. The van der Waals surface area contributed by atoms with Crippen LogP contribution in [0.1, 0.15) is 52.4 Å². The van der Waals surface area contributed by atoms with Gasteiger partial charge in [-0.15, -0.1) is 12.3 Å². The number of likely N-dealkylation sites (N-methyl/N-ethyl adjacent to an activating group) is 1. The fourth-order valence-electron chi connectivity index (χ4n) is 2.95. The highest BCUT2D eigenvalue weighted by Crippen LogP contribution is 2.25. The standard InChI is InChI=1S/C15H28N2/c1-5-6-11-14(16-4)15(2,3)17-12-9-7-8-10-13-17/h1,14,16H,6-13H2,2-4H3. The molecular formula is C15H28N2. The fraction of sp³-hybridized carbons (Fsp3) is 0.867. The molecule has 17 heavy (non-hydrogen) atoms. The van der Waals surface area contributed by atoms with Crippen LogP contribution < -0.4 is 5.32 Å². The topological polar surface area (TPSA) is 15.3 Å². The third-order valence-electron chi connectivity index (χ3n) is 4.20. The van der Waals surface area contributed by atoms with Crippen molar-refractivity contribution in [3.8, 4) is 12.3 Å². The van der Waals surface area contributed by atoms with Crippen molar-refractivity contribution >= 4 is 0 Å². The van der Waals surface area contributed by atoms with E-state index in [2.05, 4.69) is 37.0 Å². The Balaban J connectivity index is 2.64. The molecule has 0 aromatic carbocycles. The summed E-state index contributed by atoms with van der Waals surface area (Å²) in [6, 6.07) is 0.483. The highest BCUT2D eigenvalue weighted by Gasteiger charge is 2.34. The number of hydrogen-bond donors (Lipinski definition) is 1. The Morgan fingerprint density at radius 1 is 1.24 bits per heavy atom. The Kier molecular flexibility index (Phi) is 6.02. The molecule has 0 bridgehead atoms. The number of likely N-dealkylation sites (tertiary alicyclic amines) is 1. The third kappa shape index (κ3) is 4.01. The first-order valence-corrected chi connectivity index (χ1v) is 6.98. The van der Waals surface area contributed by atoms with Crippen molar-refractivity contribution in [1.82, 2.24) is 10.2 Å². The molecule has 0 aromatic rings. The van der Waals surface area contributed by atoms with E-state index in [1.807, 2.05) is 0 Å². The van der Waals surface area contributed by atoms with E-state index in [9.17, 15) is 0 Å². The molecule has 1 aliphatic heterocycles. The predicted molar refractivity (Wildman–Crippen MR) is 75.0 cm³/mol. The highest BCUT2D eigenvalue weighted by atomic mass is 15.2. The second kappa shape index (κ2) is 7.03. The molecule has 1 unspecified atom stereocenters. The van der Waals surface area contributed by atoms with Crippen molar-refractivity contribution in [3.05, 3.63) is 0 Å². The van der Waals surface area contributed by atoms with Crippen molar-refractivity contribution in [2.45, 2.75) is 64.0 Å². The molecule has 0 spiro atoms. The number of hydrogen-bond acceptors (Lipinski definition) is 2. The van der Waals surface area contributed by atoms with Gasteiger partial charge in [-0.2, -0.15) is 0 Å². The largest absolute Gasteiger partial charge is 0.315 e. The molecule has 0 amide bonds. The van der Waals surface area contributed by atoms with Gasteiger partial charge in [0.05, 0.1) is 0 Å². The smallest absolute Gasteiger partial charge is 0.0306 e. The van der Waals surface area contributed by atoms with Crippen LogP contribution in [0.2, 0.25) is 0 Å². The molecule has 2 heteroatoms. The van der Waals surface area contributed by atoms with Crippen LogP contribution in [0, 0.1) is 12.3 Å². The molecule has 2 nitrogen and oxygen atoms in total. The summed E-state index contributed by atoms with van der Waals surface area (Å²) in [6.07, 6.45) is 12.8. The zero-order valence-corrected chi connectivity index (χ0v) is 11.8. The zero-order chi connectivity index (χ0) is 12.7. The molecule has 98 valence electrons. The summed E-state index contributed by atoms with van der Waals surface area (Å²) in [5, 5.41) is 3.46. The van der Waals surface area contributed by atoms with Gasteiger partial charge in [0.2, 0.25) is 0 Å². The lowest BCUT2D eigenvalue weighted by Gasteiger charge is -2.44. The summed E-state index contributed by atoms with van der Waals surface area (Å²) in [7, 11) is 2.06. The van der Waals surface area contributed by atoms with Crippen LogP contribution in [0.15, 0.2) is 0 Å². The van der Waals surface area contributed by atoms with Crippen LogP contribution in [0.25, 0.3) is 0 Å². The van der Waals surface area contributed by atoms with E-state index >= 15 is 0 Å². The van der Waals surface area contributed by atoms with Gasteiger partial charge in [0.15, 0.2) is 0 Å². The lowest BCUT2D eigenvalue weighted by molar-refractivity contribution is 0.0837. The number of terminal acetylenes is 1. The predicted octanol–water partition coefficient (Wildman–Crippen LogP) is 2.64. The minimum Gasteiger partial charge on any atom is -0.315 e. The molecule has 0 aromatic heterocycles. The average molecular weight is 236 g/mol. The van der Waals surface area contributed by atoms with Crippen LogP contribution >= 0.6 is 0 Å². The molecule has 0 saturated carbocycles. The Labute approximate surface area is 107 Å². The van der Waals surface area contributed by atoms with E-state index in [-0.39, 0.29) is 5.54 Å². The molecule has 0 aliphatic carbocycles. The maximum atomic E-state index is 5.39. The van der Waals surface area contributed by atoms with E-state index < -0.39 is 0 Å². The van der Waals surface area contributed by atoms with Crippen LogP contribution in [0.5, 0.6) is 0 Å². The monoisotopic (exact) mass is 236 g/mol. The Morgan fingerprint density at radius 3 is 2.29 bits per heavy atom. The van der Waals surface area contributed by atoms with Crippen LogP contribution in [-0.4, -0.2) is 36.6 Å². The first-order chi connectivity index (χ1) is 8.12. The van der Waals surface area contributed by atoms with E-state index in [4.69, 9.17) is 6.42 Å². The summed E-state index contributed by atoms with van der Waals surface area (Å²) in [6.45, 7) is 7.19. The minimum atomic E-state index is 0.204. The second-order valence-electron chi connectivity index (χ2n) is 5.64. The van der Waals surface area contributed by atoms with Crippen molar-refractivity contribution in [3.63, 3.8) is 0 Å². The first-order valence-electron chi connectivity index (χ1n) is 6.98. The quantitative estimate of drug-likeness (QED) is 0.738. The number of nitrogens with zero attached hydrogens (tertiary/aromatic N) is 1. The first kappa shape index (κ1) is 14.5. The van der Waals surface area contributed by atoms with Gasteiger partial charge in [0.25, 0.3) is 0 Å². The van der Waals surface area contributed by atoms with Crippen molar-refractivity contribution < 1.29 is 0 Å². The molecule has 1 heterocycles. The third-order valence-corrected chi connectivity index (χ3v) is 4.20. The molecule has 1 N–H and O–H groups in total. The van der Waals surface area contributed by atoms with Gasteiger partial charge >= 0.3 is 0 Å². The summed E-state index contributed by atoms with van der Waals surface area (Å²) < 4.78 is 0. The Bertz CT molecular complexity index is 244. The molecule has 1 rings (SSSR count). The van der Waals surface area contributed by atoms with E-state index in [0.29, 0.717) is 6.04 Å². The zero-order valence-electron chi connectivity index (χ0n) is 11.8. The van der Waals surface area contributed by atoms with Gasteiger partial charge in [-0.3, -0.25) is 4.90 Å². The van der Waals surface area contributed by atoms with Crippen molar-refractivity contribution in [1.29, 1.82) is 0 Å². The van der Waals surface area contributed by atoms with Crippen LogP contribution in [-0.2, 0) is 0 Å².